The molecule has 0 aromatic carbocycles. The average Bonchev–Trinajstić information content (AvgIpc) is 2.46. The lowest BCUT2D eigenvalue weighted by molar-refractivity contribution is -0.0456. The minimum Gasteiger partial charge on any atom is -0.381 e. The Bertz CT molecular complexity index is 308. The number of hydrogen-bond acceptors (Lipinski definition) is 4. The van der Waals surface area contributed by atoms with Crippen LogP contribution >= 0.6 is 0 Å². The van der Waals surface area contributed by atoms with Crippen molar-refractivity contribution in [3.05, 3.63) is 0 Å². The Balaban J connectivity index is 1.95. The summed E-state index contributed by atoms with van der Waals surface area (Å²) in [4.78, 5) is 2.59. The van der Waals surface area contributed by atoms with Gasteiger partial charge in [0.1, 0.15) is 0 Å². The van der Waals surface area contributed by atoms with E-state index < -0.39 is 0 Å². The SMILES string of the molecule is COC1CCCN(CC2(CNC(C)(C)C)CCCOC2)C1. The van der Waals surface area contributed by atoms with Crippen molar-refractivity contribution in [1.29, 1.82) is 0 Å². The van der Waals surface area contributed by atoms with E-state index in [-0.39, 0.29) is 11.0 Å². The van der Waals surface area contributed by atoms with E-state index in [0.717, 1.165) is 32.8 Å². The highest BCUT2D eigenvalue weighted by Gasteiger charge is 2.36. The molecule has 4 nitrogen and oxygen atoms in total. The van der Waals surface area contributed by atoms with Gasteiger partial charge in [0.25, 0.3) is 0 Å². The van der Waals surface area contributed by atoms with E-state index >= 15 is 0 Å². The molecule has 2 saturated heterocycles. The van der Waals surface area contributed by atoms with Crippen molar-refractivity contribution in [3.63, 3.8) is 0 Å². The molecule has 0 saturated carbocycles. The van der Waals surface area contributed by atoms with Crippen LogP contribution in [0.25, 0.3) is 0 Å². The molecule has 124 valence electrons. The van der Waals surface area contributed by atoms with Crippen LogP contribution in [0.1, 0.15) is 46.5 Å². The van der Waals surface area contributed by atoms with Gasteiger partial charge in [0, 0.05) is 44.3 Å². The Morgan fingerprint density at radius 2 is 2.14 bits per heavy atom. The topological polar surface area (TPSA) is 33.7 Å². The summed E-state index contributed by atoms with van der Waals surface area (Å²) in [5, 5.41) is 3.71. The monoisotopic (exact) mass is 298 g/mol. The lowest BCUT2D eigenvalue weighted by Gasteiger charge is -2.44. The first-order chi connectivity index (χ1) is 9.92. The standard InChI is InChI=1S/C17H34N2O2/c1-16(2,3)18-12-17(8-6-10-21-14-17)13-19-9-5-7-15(11-19)20-4/h15,18H,5-14H2,1-4H3. The highest BCUT2D eigenvalue weighted by molar-refractivity contribution is 4.90. The molecule has 0 aromatic rings. The first-order valence-electron chi connectivity index (χ1n) is 8.50. The molecule has 0 aromatic heterocycles. The number of nitrogens with zero attached hydrogens (tertiary/aromatic N) is 1. The third-order valence-corrected chi connectivity index (χ3v) is 4.75. The van der Waals surface area contributed by atoms with E-state index in [9.17, 15) is 0 Å². The van der Waals surface area contributed by atoms with E-state index in [1.807, 2.05) is 7.11 Å². The van der Waals surface area contributed by atoms with Gasteiger partial charge in [0.15, 0.2) is 0 Å². The number of methoxy groups -OCH3 is 1. The van der Waals surface area contributed by atoms with Crippen molar-refractivity contribution in [1.82, 2.24) is 10.2 Å². The predicted molar refractivity (Wildman–Crippen MR) is 86.7 cm³/mol. The molecule has 0 aliphatic carbocycles. The molecule has 2 aliphatic heterocycles. The van der Waals surface area contributed by atoms with Gasteiger partial charge in [-0.05, 0) is 53.0 Å². The maximum atomic E-state index is 5.85. The molecule has 0 amide bonds. The normalized spacial score (nSPS) is 32.3. The van der Waals surface area contributed by atoms with Crippen LogP contribution in [0.3, 0.4) is 0 Å². The van der Waals surface area contributed by atoms with Crippen molar-refractivity contribution in [2.75, 3.05) is 46.5 Å². The Kier molecular flexibility index (Phi) is 6.06. The Morgan fingerprint density at radius 1 is 1.33 bits per heavy atom. The number of likely N-dealkylation sites (tertiary alicyclic amines) is 1. The summed E-state index contributed by atoms with van der Waals surface area (Å²) in [6, 6.07) is 0. The fraction of sp³-hybridized carbons (Fsp3) is 1.00. The van der Waals surface area contributed by atoms with Gasteiger partial charge in [0.2, 0.25) is 0 Å². The van der Waals surface area contributed by atoms with Crippen LogP contribution in [0.4, 0.5) is 0 Å². The van der Waals surface area contributed by atoms with Crippen LogP contribution in [0, 0.1) is 5.41 Å². The molecule has 21 heavy (non-hydrogen) atoms. The van der Waals surface area contributed by atoms with E-state index in [1.54, 1.807) is 0 Å². The van der Waals surface area contributed by atoms with E-state index in [1.165, 1.54) is 32.2 Å². The molecule has 4 heteroatoms. The first-order valence-corrected chi connectivity index (χ1v) is 8.50. The molecule has 0 bridgehead atoms. The molecule has 2 unspecified atom stereocenters. The van der Waals surface area contributed by atoms with Gasteiger partial charge in [-0.1, -0.05) is 0 Å². The molecule has 2 heterocycles. The molecule has 2 atom stereocenters. The molecule has 0 radical (unpaired) electrons. The smallest absolute Gasteiger partial charge is 0.0698 e. The number of nitrogens with one attached hydrogen (secondary N) is 1. The fourth-order valence-electron chi connectivity index (χ4n) is 3.51. The first kappa shape index (κ1) is 17.2. The summed E-state index contributed by atoms with van der Waals surface area (Å²) < 4.78 is 11.4. The summed E-state index contributed by atoms with van der Waals surface area (Å²) in [5.41, 5.74) is 0.433. The van der Waals surface area contributed by atoms with E-state index in [4.69, 9.17) is 9.47 Å². The molecule has 2 fully saturated rings. The Labute approximate surface area is 130 Å². The van der Waals surface area contributed by atoms with Crippen molar-refractivity contribution < 1.29 is 9.47 Å². The predicted octanol–water partition coefficient (Wildman–Crippen LogP) is 2.28. The van der Waals surface area contributed by atoms with Crippen LogP contribution in [0.5, 0.6) is 0 Å². The second-order valence-corrected chi connectivity index (χ2v) is 7.99. The largest absolute Gasteiger partial charge is 0.381 e. The van der Waals surface area contributed by atoms with Gasteiger partial charge < -0.3 is 19.7 Å². The van der Waals surface area contributed by atoms with Gasteiger partial charge in [-0.3, -0.25) is 0 Å². The zero-order valence-corrected chi connectivity index (χ0v) is 14.4. The second kappa shape index (κ2) is 7.40. The van der Waals surface area contributed by atoms with E-state index in [2.05, 4.69) is 31.0 Å². The molecule has 0 spiro atoms. The van der Waals surface area contributed by atoms with Gasteiger partial charge in [-0.25, -0.2) is 0 Å². The number of piperidine rings is 1. The molecule has 1 N–H and O–H groups in total. The third-order valence-electron chi connectivity index (χ3n) is 4.75. The summed E-state index contributed by atoms with van der Waals surface area (Å²) in [5.74, 6) is 0. The average molecular weight is 298 g/mol. The minimum atomic E-state index is 0.168. The van der Waals surface area contributed by atoms with Crippen molar-refractivity contribution in [2.24, 2.45) is 5.41 Å². The maximum Gasteiger partial charge on any atom is 0.0698 e. The molecular formula is C17H34N2O2. The highest BCUT2D eigenvalue weighted by atomic mass is 16.5. The van der Waals surface area contributed by atoms with Crippen LogP contribution in [-0.2, 0) is 9.47 Å². The summed E-state index contributed by atoms with van der Waals surface area (Å²) in [7, 11) is 1.84. The van der Waals surface area contributed by atoms with Crippen molar-refractivity contribution in [3.8, 4) is 0 Å². The third kappa shape index (κ3) is 5.51. The minimum absolute atomic E-state index is 0.168. The molecule has 2 rings (SSSR count). The zero-order chi connectivity index (χ0) is 15.3. The van der Waals surface area contributed by atoms with Gasteiger partial charge in [0.05, 0.1) is 12.7 Å². The van der Waals surface area contributed by atoms with Crippen molar-refractivity contribution in [2.45, 2.75) is 58.1 Å². The number of ether oxygens (including phenoxy) is 2. The lowest BCUT2D eigenvalue weighted by Crippen LogP contribution is -2.54. The lowest BCUT2D eigenvalue weighted by atomic mass is 9.80. The second-order valence-electron chi connectivity index (χ2n) is 7.99. The van der Waals surface area contributed by atoms with Crippen LogP contribution in [-0.4, -0.2) is 63.0 Å². The number of hydrogen-bond donors (Lipinski definition) is 1. The van der Waals surface area contributed by atoms with Gasteiger partial charge >= 0.3 is 0 Å². The fourth-order valence-corrected chi connectivity index (χ4v) is 3.51. The maximum absolute atomic E-state index is 5.85. The highest BCUT2D eigenvalue weighted by Crippen LogP contribution is 2.31. The number of rotatable bonds is 5. The zero-order valence-electron chi connectivity index (χ0n) is 14.4. The Hall–Kier alpha value is -0.160. The van der Waals surface area contributed by atoms with Crippen LogP contribution in [0.15, 0.2) is 0 Å². The van der Waals surface area contributed by atoms with Crippen LogP contribution in [0.2, 0.25) is 0 Å². The molecular weight excluding hydrogens is 264 g/mol. The summed E-state index contributed by atoms with van der Waals surface area (Å²) in [6.07, 6.45) is 5.33. The quantitative estimate of drug-likeness (QED) is 0.844. The summed E-state index contributed by atoms with van der Waals surface area (Å²) in [6.45, 7) is 13.0. The summed E-state index contributed by atoms with van der Waals surface area (Å²) >= 11 is 0. The van der Waals surface area contributed by atoms with Gasteiger partial charge in [-0.15, -0.1) is 0 Å². The van der Waals surface area contributed by atoms with Gasteiger partial charge in [-0.2, -0.15) is 0 Å². The molecule has 2 aliphatic rings. The van der Waals surface area contributed by atoms with Crippen molar-refractivity contribution >= 4 is 0 Å². The Morgan fingerprint density at radius 3 is 2.76 bits per heavy atom. The van der Waals surface area contributed by atoms with E-state index in [0.29, 0.717) is 6.10 Å². The van der Waals surface area contributed by atoms with Crippen LogP contribution < -0.4 is 5.32 Å².